The van der Waals surface area contributed by atoms with Gasteiger partial charge in [-0.25, -0.2) is 0 Å². The van der Waals surface area contributed by atoms with Crippen LogP contribution in [0.4, 0.5) is 4.39 Å². The van der Waals surface area contributed by atoms with Gasteiger partial charge in [-0.1, -0.05) is 24.3 Å². The standard InChI is InChI=1S/C38H31FO11/c1-42-20-11-14-25(28(17-20)45-4)48-36-31-32(35(41)24-10-8-7-9-23(24)34(31)40)37(49-26-15-12-21(43-2)18-29(26)46-5)38(33(36)39)50-27-16-13-22(44-3)19-30(27)47-6/h7-19H,1-6H3. The van der Waals surface area contributed by atoms with Crippen molar-refractivity contribution < 1.29 is 56.6 Å². The Kier molecular flexibility index (Phi) is 9.35. The molecular formula is C38H31FO11. The first-order chi connectivity index (χ1) is 24.3. The van der Waals surface area contributed by atoms with Gasteiger partial charge >= 0.3 is 0 Å². The lowest BCUT2D eigenvalue weighted by Gasteiger charge is -2.26. The van der Waals surface area contributed by atoms with Crippen LogP contribution in [0.25, 0.3) is 0 Å². The van der Waals surface area contributed by atoms with Crippen LogP contribution in [0.15, 0.2) is 78.9 Å². The van der Waals surface area contributed by atoms with Crippen LogP contribution in [-0.4, -0.2) is 54.2 Å². The quantitative estimate of drug-likeness (QED) is 0.125. The molecule has 0 spiro atoms. The van der Waals surface area contributed by atoms with Gasteiger partial charge in [0.15, 0.2) is 57.6 Å². The van der Waals surface area contributed by atoms with Crippen LogP contribution in [-0.2, 0) is 0 Å². The lowest BCUT2D eigenvalue weighted by Crippen LogP contribution is -2.23. The number of fused-ring (bicyclic) bond motifs is 2. The van der Waals surface area contributed by atoms with Crippen LogP contribution in [0.2, 0.25) is 0 Å². The van der Waals surface area contributed by atoms with E-state index in [1.165, 1.54) is 85.1 Å². The number of ether oxygens (including phenoxy) is 9. The van der Waals surface area contributed by atoms with Gasteiger partial charge in [0.25, 0.3) is 0 Å². The van der Waals surface area contributed by atoms with E-state index in [-0.39, 0.29) is 56.8 Å². The fourth-order valence-electron chi connectivity index (χ4n) is 5.43. The van der Waals surface area contributed by atoms with E-state index in [2.05, 4.69) is 0 Å². The molecule has 0 fully saturated rings. The zero-order valence-electron chi connectivity index (χ0n) is 27.9. The molecule has 0 saturated carbocycles. The third-order valence-corrected chi connectivity index (χ3v) is 7.93. The van der Waals surface area contributed by atoms with Gasteiger partial charge < -0.3 is 42.6 Å². The highest BCUT2D eigenvalue weighted by Crippen LogP contribution is 2.53. The molecule has 0 amide bonds. The summed E-state index contributed by atoms with van der Waals surface area (Å²) in [4.78, 5) is 28.8. The van der Waals surface area contributed by atoms with Crippen molar-refractivity contribution in [1.29, 1.82) is 0 Å². The normalized spacial score (nSPS) is 11.6. The third kappa shape index (κ3) is 5.91. The first-order valence-corrected chi connectivity index (χ1v) is 15.0. The zero-order valence-corrected chi connectivity index (χ0v) is 27.9. The van der Waals surface area contributed by atoms with Crippen LogP contribution in [0, 0.1) is 5.82 Å². The zero-order chi connectivity index (χ0) is 35.5. The van der Waals surface area contributed by atoms with Crippen LogP contribution < -0.4 is 42.6 Å². The molecule has 1 aliphatic carbocycles. The second-order valence-electron chi connectivity index (χ2n) is 10.6. The monoisotopic (exact) mass is 682 g/mol. The molecule has 0 saturated heterocycles. The summed E-state index contributed by atoms with van der Waals surface area (Å²) in [5.41, 5.74) is -0.572. The second-order valence-corrected chi connectivity index (χ2v) is 10.6. The average Bonchev–Trinajstić information content (AvgIpc) is 3.16. The number of halogens is 1. The molecular weight excluding hydrogens is 651 g/mol. The second kappa shape index (κ2) is 14.0. The van der Waals surface area contributed by atoms with E-state index < -0.39 is 34.6 Å². The molecule has 0 aliphatic heterocycles. The van der Waals surface area contributed by atoms with Gasteiger partial charge in [-0.2, -0.15) is 4.39 Å². The number of ketones is 2. The number of carbonyl (C=O) groups is 2. The number of hydrogen-bond acceptors (Lipinski definition) is 11. The summed E-state index contributed by atoms with van der Waals surface area (Å²) >= 11 is 0. The largest absolute Gasteiger partial charge is 0.497 e. The minimum atomic E-state index is -1.16. The first-order valence-electron chi connectivity index (χ1n) is 15.0. The van der Waals surface area contributed by atoms with Crippen LogP contribution >= 0.6 is 0 Å². The number of hydrogen-bond donors (Lipinski definition) is 0. The smallest absolute Gasteiger partial charge is 0.212 e. The molecule has 12 heteroatoms. The highest BCUT2D eigenvalue weighted by atomic mass is 19.1. The van der Waals surface area contributed by atoms with E-state index in [0.29, 0.717) is 17.2 Å². The molecule has 11 nitrogen and oxygen atoms in total. The fraction of sp³-hybridized carbons (Fsp3) is 0.158. The topological polar surface area (TPSA) is 117 Å². The van der Waals surface area contributed by atoms with Crippen molar-refractivity contribution in [2.24, 2.45) is 0 Å². The Labute approximate surface area is 286 Å². The van der Waals surface area contributed by atoms with Crippen molar-refractivity contribution in [3.63, 3.8) is 0 Å². The van der Waals surface area contributed by atoms with Gasteiger partial charge in [0.1, 0.15) is 17.2 Å². The summed E-state index contributed by atoms with van der Waals surface area (Å²) < 4.78 is 68.5. The lowest BCUT2D eigenvalue weighted by atomic mass is 9.82. The van der Waals surface area contributed by atoms with Crippen molar-refractivity contribution >= 4 is 11.6 Å². The molecule has 0 atom stereocenters. The van der Waals surface area contributed by atoms with E-state index in [0.717, 1.165) is 0 Å². The molecule has 0 aromatic heterocycles. The molecule has 256 valence electrons. The lowest BCUT2D eigenvalue weighted by molar-refractivity contribution is 0.0973. The van der Waals surface area contributed by atoms with Gasteiger partial charge in [-0.15, -0.1) is 0 Å². The van der Waals surface area contributed by atoms with Gasteiger partial charge in [0, 0.05) is 29.3 Å². The summed E-state index contributed by atoms with van der Waals surface area (Å²) in [6.07, 6.45) is 0. The van der Waals surface area contributed by atoms with E-state index >= 15 is 4.39 Å². The predicted molar refractivity (Wildman–Crippen MR) is 179 cm³/mol. The molecule has 5 aromatic carbocycles. The summed E-state index contributed by atoms with van der Waals surface area (Å²) in [6.45, 7) is 0. The minimum absolute atomic E-state index is 0.0203. The van der Waals surface area contributed by atoms with Crippen molar-refractivity contribution in [3.05, 3.63) is 107 Å². The summed E-state index contributed by atoms with van der Waals surface area (Å²) in [5, 5.41) is 0. The first kappa shape index (κ1) is 33.5. The van der Waals surface area contributed by atoms with Crippen LogP contribution in [0.5, 0.6) is 69.0 Å². The molecule has 0 unspecified atom stereocenters. The minimum Gasteiger partial charge on any atom is -0.497 e. The van der Waals surface area contributed by atoms with Crippen molar-refractivity contribution in [2.45, 2.75) is 0 Å². The van der Waals surface area contributed by atoms with Crippen LogP contribution in [0.3, 0.4) is 0 Å². The Bertz CT molecular complexity index is 2130. The molecule has 6 rings (SSSR count). The van der Waals surface area contributed by atoms with Crippen molar-refractivity contribution in [1.82, 2.24) is 0 Å². The molecule has 5 aromatic rings. The molecule has 0 bridgehead atoms. The predicted octanol–water partition coefficient (Wildman–Crippen LogP) is 8.03. The SMILES string of the molecule is COc1ccc(Oc2c(F)c(Oc3ccc(OC)cc3OC)c3c(c2Oc2ccc(OC)cc2OC)C(=O)c2ccccc2C3=O)c(OC)c1. The van der Waals surface area contributed by atoms with E-state index in [1.807, 2.05) is 0 Å². The van der Waals surface area contributed by atoms with Gasteiger partial charge in [0.2, 0.25) is 11.6 Å². The summed E-state index contributed by atoms with van der Waals surface area (Å²) in [7, 11) is 8.62. The highest BCUT2D eigenvalue weighted by Gasteiger charge is 2.41. The van der Waals surface area contributed by atoms with Crippen molar-refractivity contribution in [2.75, 3.05) is 42.7 Å². The Balaban J connectivity index is 1.67. The van der Waals surface area contributed by atoms with Gasteiger partial charge in [0.05, 0.1) is 53.8 Å². The fourth-order valence-corrected chi connectivity index (χ4v) is 5.43. The molecule has 0 radical (unpaired) electrons. The maximum Gasteiger partial charge on any atom is 0.212 e. The molecule has 0 heterocycles. The average molecular weight is 683 g/mol. The van der Waals surface area contributed by atoms with E-state index in [1.54, 1.807) is 36.4 Å². The molecule has 50 heavy (non-hydrogen) atoms. The number of methoxy groups -OCH3 is 6. The van der Waals surface area contributed by atoms with Crippen molar-refractivity contribution in [3.8, 4) is 69.0 Å². The number of rotatable bonds is 12. The van der Waals surface area contributed by atoms with Gasteiger partial charge in [-0.05, 0) is 36.4 Å². The maximum atomic E-state index is 17.4. The molecule has 1 aliphatic rings. The van der Waals surface area contributed by atoms with Gasteiger partial charge in [-0.3, -0.25) is 9.59 Å². The highest BCUT2D eigenvalue weighted by molar-refractivity contribution is 6.30. The maximum absolute atomic E-state index is 17.4. The Morgan fingerprint density at radius 2 is 0.780 bits per heavy atom. The Hall–Kier alpha value is -6.43. The van der Waals surface area contributed by atoms with Crippen LogP contribution in [0.1, 0.15) is 31.8 Å². The Morgan fingerprint density at radius 3 is 1.16 bits per heavy atom. The third-order valence-electron chi connectivity index (χ3n) is 7.93. The summed E-state index contributed by atoms with van der Waals surface area (Å²) in [5.74, 6) is -2.16. The summed E-state index contributed by atoms with van der Waals surface area (Å²) in [6, 6.07) is 20.0. The Morgan fingerprint density at radius 1 is 0.420 bits per heavy atom. The molecule has 0 N–H and O–H groups in total. The number of carbonyl (C=O) groups excluding carboxylic acids is 2. The number of benzene rings is 5. The van der Waals surface area contributed by atoms with E-state index in [4.69, 9.17) is 42.6 Å². The van der Waals surface area contributed by atoms with E-state index in [9.17, 15) is 9.59 Å².